The van der Waals surface area contributed by atoms with Crippen LogP contribution in [-0.2, 0) is 4.79 Å². The lowest BCUT2D eigenvalue weighted by Crippen LogP contribution is -2.14. The molecule has 6 heteroatoms. The number of nitrogens with zero attached hydrogens (tertiary/aromatic N) is 1. The molecule has 114 valence electrons. The molecule has 0 saturated carbocycles. The summed E-state index contributed by atoms with van der Waals surface area (Å²) < 4.78 is 0. The van der Waals surface area contributed by atoms with Crippen molar-refractivity contribution in [1.29, 1.82) is 0 Å². The summed E-state index contributed by atoms with van der Waals surface area (Å²) >= 11 is 6.09. The van der Waals surface area contributed by atoms with Crippen molar-refractivity contribution in [1.82, 2.24) is 4.98 Å². The molecule has 1 heterocycles. The average molecular weight is 318 g/mol. The molecule has 2 amide bonds. The van der Waals surface area contributed by atoms with Gasteiger partial charge >= 0.3 is 0 Å². The SMILES string of the molecule is CCCC(=O)Nc1ccc(Cl)c(NC(=O)c2ccncc2)c1. The molecule has 0 aliphatic rings. The third-order valence-electron chi connectivity index (χ3n) is 2.92. The van der Waals surface area contributed by atoms with Crippen LogP contribution < -0.4 is 10.6 Å². The monoisotopic (exact) mass is 317 g/mol. The van der Waals surface area contributed by atoms with Crippen molar-refractivity contribution in [3.63, 3.8) is 0 Å². The number of anilines is 2. The van der Waals surface area contributed by atoms with E-state index >= 15 is 0 Å². The Balaban J connectivity index is 2.13. The third-order valence-corrected chi connectivity index (χ3v) is 3.25. The lowest BCUT2D eigenvalue weighted by Gasteiger charge is -2.10. The van der Waals surface area contributed by atoms with E-state index in [1.807, 2.05) is 6.92 Å². The van der Waals surface area contributed by atoms with Crippen LogP contribution in [0.5, 0.6) is 0 Å². The first-order valence-electron chi connectivity index (χ1n) is 6.91. The van der Waals surface area contributed by atoms with Crippen molar-refractivity contribution >= 4 is 34.8 Å². The van der Waals surface area contributed by atoms with E-state index in [4.69, 9.17) is 11.6 Å². The summed E-state index contributed by atoms with van der Waals surface area (Å²) in [6.07, 6.45) is 4.29. The second kappa shape index (κ2) is 7.56. The van der Waals surface area contributed by atoms with Crippen LogP contribution in [0.25, 0.3) is 0 Å². The molecule has 0 fully saturated rings. The summed E-state index contributed by atoms with van der Waals surface area (Å²) in [6.45, 7) is 1.93. The van der Waals surface area contributed by atoms with Crippen molar-refractivity contribution in [2.45, 2.75) is 19.8 Å². The number of rotatable bonds is 5. The molecule has 2 rings (SSSR count). The van der Waals surface area contributed by atoms with E-state index in [0.717, 1.165) is 6.42 Å². The molecule has 22 heavy (non-hydrogen) atoms. The van der Waals surface area contributed by atoms with Gasteiger partial charge in [0.25, 0.3) is 5.91 Å². The molecule has 1 aromatic carbocycles. The summed E-state index contributed by atoms with van der Waals surface area (Å²) in [7, 11) is 0. The van der Waals surface area contributed by atoms with Gasteiger partial charge in [-0.1, -0.05) is 18.5 Å². The number of aromatic nitrogens is 1. The quantitative estimate of drug-likeness (QED) is 0.882. The number of hydrogen-bond acceptors (Lipinski definition) is 3. The first-order chi connectivity index (χ1) is 10.6. The van der Waals surface area contributed by atoms with Crippen LogP contribution >= 0.6 is 11.6 Å². The summed E-state index contributed by atoms with van der Waals surface area (Å²) in [6, 6.07) is 8.17. The number of hydrogen-bond donors (Lipinski definition) is 2. The Morgan fingerprint density at radius 2 is 1.86 bits per heavy atom. The highest BCUT2D eigenvalue weighted by Gasteiger charge is 2.10. The predicted octanol–water partition coefficient (Wildman–Crippen LogP) is 3.73. The summed E-state index contributed by atoms with van der Waals surface area (Å²) in [5, 5.41) is 5.89. The van der Waals surface area contributed by atoms with Crippen LogP contribution in [0.3, 0.4) is 0 Å². The van der Waals surface area contributed by atoms with Crippen LogP contribution in [-0.4, -0.2) is 16.8 Å². The Morgan fingerprint density at radius 1 is 1.14 bits per heavy atom. The van der Waals surface area contributed by atoms with Crippen molar-refractivity contribution in [3.05, 3.63) is 53.3 Å². The van der Waals surface area contributed by atoms with Gasteiger partial charge < -0.3 is 10.6 Å². The fourth-order valence-electron chi connectivity index (χ4n) is 1.85. The number of pyridine rings is 1. The Morgan fingerprint density at radius 3 is 2.55 bits per heavy atom. The highest BCUT2D eigenvalue weighted by Crippen LogP contribution is 2.26. The molecule has 0 saturated heterocycles. The van der Waals surface area contributed by atoms with Gasteiger partial charge in [0, 0.05) is 30.1 Å². The van der Waals surface area contributed by atoms with E-state index in [2.05, 4.69) is 15.6 Å². The van der Waals surface area contributed by atoms with Crippen molar-refractivity contribution in [3.8, 4) is 0 Å². The summed E-state index contributed by atoms with van der Waals surface area (Å²) in [5.41, 5.74) is 1.51. The highest BCUT2D eigenvalue weighted by molar-refractivity contribution is 6.34. The Kier molecular flexibility index (Phi) is 5.49. The topological polar surface area (TPSA) is 71.1 Å². The number of amides is 2. The van der Waals surface area contributed by atoms with E-state index in [1.165, 1.54) is 12.4 Å². The molecule has 1 aromatic heterocycles. The van der Waals surface area contributed by atoms with E-state index in [1.54, 1.807) is 30.3 Å². The van der Waals surface area contributed by atoms with Crippen LogP contribution in [0.1, 0.15) is 30.1 Å². The molecule has 0 aliphatic heterocycles. The van der Waals surface area contributed by atoms with Crippen LogP contribution in [0.15, 0.2) is 42.7 Å². The minimum atomic E-state index is -0.290. The van der Waals surface area contributed by atoms with E-state index < -0.39 is 0 Å². The molecule has 0 radical (unpaired) electrons. The standard InChI is InChI=1S/C16H16ClN3O2/c1-2-3-15(21)19-12-4-5-13(17)14(10-12)20-16(22)11-6-8-18-9-7-11/h4-10H,2-3H2,1H3,(H,19,21)(H,20,22). The van der Waals surface area contributed by atoms with Gasteiger partial charge in [-0.2, -0.15) is 0 Å². The molecular formula is C16H16ClN3O2. The minimum Gasteiger partial charge on any atom is -0.326 e. The van der Waals surface area contributed by atoms with Gasteiger partial charge in [0.2, 0.25) is 5.91 Å². The maximum Gasteiger partial charge on any atom is 0.255 e. The molecule has 0 unspecified atom stereocenters. The van der Waals surface area contributed by atoms with Crippen LogP contribution in [0.4, 0.5) is 11.4 Å². The van der Waals surface area contributed by atoms with Gasteiger partial charge in [-0.3, -0.25) is 14.6 Å². The second-order valence-electron chi connectivity index (χ2n) is 4.68. The van der Waals surface area contributed by atoms with Crippen molar-refractivity contribution in [2.24, 2.45) is 0 Å². The number of carbonyl (C=O) groups is 2. The number of halogens is 1. The summed E-state index contributed by atoms with van der Waals surface area (Å²) in [5.74, 6) is -0.363. The maximum absolute atomic E-state index is 12.1. The van der Waals surface area contributed by atoms with E-state index in [0.29, 0.717) is 28.4 Å². The van der Waals surface area contributed by atoms with E-state index in [-0.39, 0.29) is 11.8 Å². The Bertz CT molecular complexity index is 674. The van der Waals surface area contributed by atoms with Crippen molar-refractivity contribution < 1.29 is 9.59 Å². The molecule has 0 bridgehead atoms. The first-order valence-corrected chi connectivity index (χ1v) is 7.28. The van der Waals surface area contributed by atoms with Crippen LogP contribution in [0, 0.1) is 0 Å². The Labute approximate surface area is 133 Å². The normalized spacial score (nSPS) is 10.1. The smallest absolute Gasteiger partial charge is 0.255 e. The van der Waals surface area contributed by atoms with Gasteiger partial charge in [-0.25, -0.2) is 0 Å². The zero-order valence-electron chi connectivity index (χ0n) is 12.1. The molecule has 5 nitrogen and oxygen atoms in total. The fraction of sp³-hybridized carbons (Fsp3) is 0.188. The van der Waals surface area contributed by atoms with Gasteiger partial charge in [-0.15, -0.1) is 0 Å². The molecule has 2 aromatic rings. The first kappa shape index (κ1) is 16.0. The number of benzene rings is 1. The number of carbonyl (C=O) groups excluding carboxylic acids is 2. The van der Waals surface area contributed by atoms with E-state index in [9.17, 15) is 9.59 Å². The second-order valence-corrected chi connectivity index (χ2v) is 5.09. The molecule has 0 spiro atoms. The predicted molar refractivity (Wildman–Crippen MR) is 87.2 cm³/mol. The largest absolute Gasteiger partial charge is 0.326 e. The zero-order valence-corrected chi connectivity index (χ0v) is 12.9. The lowest BCUT2D eigenvalue weighted by atomic mass is 10.2. The van der Waals surface area contributed by atoms with Crippen LogP contribution in [0.2, 0.25) is 5.02 Å². The minimum absolute atomic E-state index is 0.0729. The van der Waals surface area contributed by atoms with Gasteiger partial charge in [0.1, 0.15) is 0 Å². The van der Waals surface area contributed by atoms with Gasteiger partial charge in [-0.05, 0) is 36.8 Å². The molecule has 2 N–H and O–H groups in total. The third kappa shape index (κ3) is 4.30. The van der Waals surface area contributed by atoms with Gasteiger partial charge in [0.05, 0.1) is 10.7 Å². The average Bonchev–Trinajstić information content (AvgIpc) is 2.51. The zero-order chi connectivity index (χ0) is 15.9. The summed E-state index contributed by atoms with van der Waals surface area (Å²) in [4.78, 5) is 27.6. The molecular weight excluding hydrogens is 302 g/mol. The fourth-order valence-corrected chi connectivity index (χ4v) is 2.01. The maximum atomic E-state index is 12.1. The Hall–Kier alpha value is -2.40. The number of nitrogens with one attached hydrogen (secondary N) is 2. The van der Waals surface area contributed by atoms with Gasteiger partial charge in [0.15, 0.2) is 0 Å². The van der Waals surface area contributed by atoms with Crippen molar-refractivity contribution in [2.75, 3.05) is 10.6 Å². The molecule has 0 atom stereocenters. The highest BCUT2D eigenvalue weighted by atomic mass is 35.5. The lowest BCUT2D eigenvalue weighted by molar-refractivity contribution is -0.116. The molecule has 0 aliphatic carbocycles.